The number of pyridine rings is 4. The predicted octanol–water partition coefficient (Wildman–Crippen LogP) is 18.9. The second kappa shape index (κ2) is 30.5. The molecule has 8 aromatic carbocycles. The van der Waals surface area contributed by atoms with Crippen LogP contribution in [-0.4, -0.2) is 70.4 Å². The van der Waals surface area contributed by atoms with Crippen LogP contribution in [0.15, 0.2) is 268 Å². The normalized spacial score (nSPS) is 17.6. The van der Waals surface area contributed by atoms with Gasteiger partial charge in [0.15, 0.2) is 24.7 Å². The molecule has 1 aliphatic carbocycles. The molecular formula is C94H106N12+4. The lowest BCUT2D eigenvalue weighted by Crippen LogP contribution is -2.46. The van der Waals surface area contributed by atoms with Gasteiger partial charge in [-0.2, -0.15) is 0 Å². The van der Waals surface area contributed by atoms with Crippen LogP contribution in [0.1, 0.15) is 89.5 Å². The molecular weight excluding hydrogens is 1300 g/mol. The van der Waals surface area contributed by atoms with Crippen molar-refractivity contribution in [2.24, 2.45) is 28.2 Å². The molecule has 4 aliphatic heterocycles. The first-order valence-corrected chi connectivity index (χ1v) is 38.1. The van der Waals surface area contributed by atoms with E-state index < -0.39 is 0 Å². The summed E-state index contributed by atoms with van der Waals surface area (Å²) < 4.78 is 9.25. The van der Waals surface area contributed by atoms with E-state index in [1.54, 1.807) is 0 Å². The Balaban J connectivity index is 0.000000119. The molecule has 0 amide bonds. The second-order valence-corrected chi connectivity index (χ2v) is 29.9. The van der Waals surface area contributed by atoms with Crippen molar-refractivity contribution in [3.63, 3.8) is 0 Å². The van der Waals surface area contributed by atoms with Gasteiger partial charge in [-0.05, 0) is 208 Å². The zero-order chi connectivity index (χ0) is 74.2. The Labute approximate surface area is 629 Å². The number of aryl methyl sites for hydroxylation is 4. The highest BCUT2D eigenvalue weighted by Gasteiger charge is 2.38. The minimum atomic E-state index is 0.309. The van der Waals surface area contributed by atoms with Crippen LogP contribution >= 0.6 is 0 Å². The van der Waals surface area contributed by atoms with Crippen LogP contribution in [-0.2, 0) is 28.2 Å². The number of aromatic nitrogens is 4. The number of rotatable bonds is 10. The summed E-state index contributed by atoms with van der Waals surface area (Å²) in [6.07, 6.45) is 24.2. The van der Waals surface area contributed by atoms with Crippen molar-refractivity contribution in [1.29, 1.82) is 0 Å². The molecule has 5 aliphatic rings. The minimum Gasteiger partial charge on any atom is -0.339 e. The van der Waals surface area contributed by atoms with Crippen molar-refractivity contribution in [3.8, 4) is 45.0 Å². The lowest BCUT2D eigenvalue weighted by atomic mass is 9.96. The largest absolute Gasteiger partial charge is 0.339 e. The lowest BCUT2D eigenvalue weighted by Gasteiger charge is -2.30. The fraction of sp³-hybridized carbons (Fsp3) is 0.277. The Kier molecular flexibility index (Phi) is 20.6. The molecule has 538 valence electrons. The SMILES string of the molecule is Cc1c(-c2cccc(N3C=CN(C(C)C)[C@H]3C)[n+]2C)ccc2ccccc12.Cc1cc2ccccc2cc1-c1cccc(N2C=CN(C)[C@H]2C)[n+]1C.Cc1ccc2ccccc2c1-c1cccc(N2C=CN(C)[C@H]2C)[n+]1C.Cc1ccc2ccccc2c1-c1cccc(N2C=CN(C3CCCC3)[C@H]2C)[n+]1C. The zero-order valence-corrected chi connectivity index (χ0v) is 65.1. The lowest BCUT2D eigenvalue weighted by molar-refractivity contribution is -0.647. The number of benzene rings is 8. The topological polar surface area (TPSA) is 41.4 Å². The van der Waals surface area contributed by atoms with Gasteiger partial charge in [-0.25, -0.2) is 37.9 Å². The van der Waals surface area contributed by atoms with E-state index in [9.17, 15) is 0 Å². The van der Waals surface area contributed by atoms with Gasteiger partial charge in [0.1, 0.15) is 47.6 Å². The first kappa shape index (κ1) is 71.7. The molecule has 17 rings (SSSR count). The molecule has 12 heteroatoms. The van der Waals surface area contributed by atoms with E-state index in [2.05, 4.69) is 437 Å². The van der Waals surface area contributed by atoms with E-state index in [4.69, 9.17) is 0 Å². The zero-order valence-electron chi connectivity index (χ0n) is 65.1. The summed E-state index contributed by atoms with van der Waals surface area (Å²) in [4.78, 5) is 18.8. The maximum absolute atomic E-state index is 2.56. The van der Waals surface area contributed by atoms with Gasteiger partial charge in [0, 0.05) is 97.5 Å². The monoisotopic (exact) mass is 1400 g/mol. The molecule has 0 bridgehead atoms. The fourth-order valence-corrected chi connectivity index (χ4v) is 16.8. The van der Waals surface area contributed by atoms with Crippen molar-refractivity contribution in [2.45, 2.75) is 132 Å². The Morgan fingerprint density at radius 1 is 0.330 bits per heavy atom. The molecule has 0 spiro atoms. The molecule has 1 fully saturated rings. The van der Waals surface area contributed by atoms with Crippen molar-refractivity contribution in [2.75, 3.05) is 33.7 Å². The van der Waals surface area contributed by atoms with Crippen LogP contribution in [0.4, 0.5) is 23.3 Å². The summed E-state index contributed by atoms with van der Waals surface area (Å²) in [6, 6.07) is 80.0. The van der Waals surface area contributed by atoms with Gasteiger partial charge in [-0.1, -0.05) is 146 Å². The molecule has 0 saturated heterocycles. The fourth-order valence-electron chi connectivity index (χ4n) is 16.8. The van der Waals surface area contributed by atoms with Gasteiger partial charge in [0.05, 0.1) is 28.2 Å². The number of hydrogen-bond donors (Lipinski definition) is 0. The average Bonchev–Trinajstić information content (AvgIpc) is 1.21. The molecule has 12 aromatic rings. The Bertz CT molecular complexity index is 5370. The molecule has 1 saturated carbocycles. The second-order valence-electron chi connectivity index (χ2n) is 29.9. The van der Waals surface area contributed by atoms with Gasteiger partial charge in [0.2, 0.25) is 0 Å². The van der Waals surface area contributed by atoms with Crippen molar-refractivity contribution in [1.82, 2.24) is 19.6 Å². The molecule has 12 nitrogen and oxygen atoms in total. The van der Waals surface area contributed by atoms with E-state index in [0.29, 0.717) is 36.7 Å². The standard InChI is InChI=1S/C26H30N3.C24H28N3.2C22H24N3/c1-19-15-16-21-9-4-7-12-23(21)26(19)24-13-8-14-25(27(24)3)29-18-17-28(20(29)2)22-10-5-6-11-22;1-17(2)26-15-16-27(19(26)4)24-12-8-11-23(25(24)5)22-14-13-20-9-6-7-10-21(20)18(22)3;1-16-14-18-8-5-6-9-19(18)15-20(16)21-10-7-11-22(24(21)4)25-13-12-23(3)17(25)2;1-16-12-13-18-8-5-6-9-19(18)22(16)20-10-7-11-21(24(20)4)25-15-14-23(3)17(25)2/h4,7-9,12-18,20,22H,5-6,10-11H2,1-3H3;6-17,19H,1-5H3;2*5-15,17H,1-4H3/q4*+1/t20-;19-;2*17-/m1111/s1. The van der Waals surface area contributed by atoms with Crippen LogP contribution in [0, 0.1) is 27.7 Å². The molecule has 106 heavy (non-hydrogen) atoms. The Morgan fingerprint density at radius 3 is 1.17 bits per heavy atom. The number of nitrogens with zero attached hydrogens (tertiary/aromatic N) is 12. The number of fused-ring (bicyclic) bond motifs is 4. The van der Waals surface area contributed by atoms with Crippen LogP contribution in [0.2, 0.25) is 0 Å². The predicted molar refractivity (Wildman–Crippen MR) is 442 cm³/mol. The maximum atomic E-state index is 2.56. The van der Waals surface area contributed by atoms with E-state index in [0.717, 1.165) is 0 Å². The molecule has 4 aromatic heterocycles. The van der Waals surface area contributed by atoms with E-state index in [1.807, 2.05) is 0 Å². The van der Waals surface area contributed by atoms with Crippen LogP contribution in [0.3, 0.4) is 0 Å². The molecule has 8 heterocycles. The van der Waals surface area contributed by atoms with Crippen LogP contribution in [0.25, 0.3) is 88.1 Å². The smallest absolute Gasteiger partial charge is 0.283 e. The summed E-state index contributed by atoms with van der Waals surface area (Å²) in [7, 11) is 12.9. The van der Waals surface area contributed by atoms with Gasteiger partial charge in [-0.3, -0.25) is 0 Å². The summed E-state index contributed by atoms with van der Waals surface area (Å²) in [5, 5.41) is 10.4. The average molecular weight is 1400 g/mol. The Morgan fingerprint density at radius 2 is 0.708 bits per heavy atom. The minimum absolute atomic E-state index is 0.309. The molecule has 0 unspecified atom stereocenters. The van der Waals surface area contributed by atoms with Gasteiger partial charge in [-0.15, -0.1) is 0 Å². The molecule has 0 N–H and O–H groups in total. The van der Waals surface area contributed by atoms with E-state index in [1.165, 1.54) is 159 Å². The van der Waals surface area contributed by atoms with Crippen molar-refractivity contribution >= 4 is 66.4 Å². The summed E-state index contributed by atoms with van der Waals surface area (Å²) in [5.74, 6) is 4.82. The van der Waals surface area contributed by atoms with Crippen molar-refractivity contribution in [3.05, 3.63) is 290 Å². The van der Waals surface area contributed by atoms with Crippen LogP contribution < -0.4 is 37.9 Å². The first-order valence-electron chi connectivity index (χ1n) is 38.1. The quantitative estimate of drug-likeness (QED) is 0.126. The summed E-state index contributed by atoms with van der Waals surface area (Å²) >= 11 is 0. The number of hydrogen-bond acceptors (Lipinski definition) is 8. The highest BCUT2D eigenvalue weighted by molar-refractivity contribution is 5.98. The highest BCUT2D eigenvalue weighted by atomic mass is 15.4. The first-order chi connectivity index (χ1) is 51.3. The molecule has 0 radical (unpaired) electrons. The van der Waals surface area contributed by atoms with Gasteiger partial charge >= 0.3 is 0 Å². The van der Waals surface area contributed by atoms with Crippen LogP contribution in [0.5, 0.6) is 0 Å². The Hall–Kier alpha value is -11.2. The van der Waals surface area contributed by atoms with E-state index >= 15 is 0 Å². The third-order valence-corrected chi connectivity index (χ3v) is 23.2. The van der Waals surface area contributed by atoms with E-state index in [-0.39, 0.29) is 0 Å². The van der Waals surface area contributed by atoms with Crippen molar-refractivity contribution < 1.29 is 18.3 Å². The summed E-state index contributed by atoms with van der Waals surface area (Å²) in [6.45, 7) is 22.3. The third kappa shape index (κ3) is 13.7. The number of anilines is 4. The maximum Gasteiger partial charge on any atom is 0.283 e. The van der Waals surface area contributed by atoms with Gasteiger partial charge < -0.3 is 19.6 Å². The molecule has 4 atom stereocenters. The third-order valence-electron chi connectivity index (χ3n) is 23.2. The van der Waals surface area contributed by atoms with Gasteiger partial charge in [0.25, 0.3) is 23.3 Å². The summed E-state index contributed by atoms with van der Waals surface area (Å²) in [5.41, 5.74) is 15.4. The highest BCUT2D eigenvalue weighted by Crippen LogP contribution is 2.38.